The van der Waals surface area contributed by atoms with Crippen LogP contribution in [0.1, 0.15) is 34.6 Å². The molecule has 7 heteroatoms. The Bertz CT molecular complexity index is 722. The van der Waals surface area contributed by atoms with Crippen LogP contribution in [-0.4, -0.2) is 29.0 Å². The maximum absolute atomic E-state index is 13.3. The van der Waals surface area contributed by atoms with E-state index in [9.17, 15) is 18.4 Å². The van der Waals surface area contributed by atoms with Crippen molar-refractivity contribution < 1.29 is 23.1 Å². The maximum atomic E-state index is 13.3. The van der Waals surface area contributed by atoms with Crippen molar-refractivity contribution in [1.29, 1.82) is 0 Å². The first-order chi connectivity index (χ1) is 11.5. The number of hydrogen-bond acceptors (Lipinski definition) is 3. The summed E-state index contributed by atoms with van der Waals surface area (Å²) in [5, 5.41) is 2.45. The van der Waals surface area contributed by atoms with Crippen LogP contribution >= 0.6 is 0 Å². The van der Waals surface area contributed by atoms with Gasteiger partial charge in [0.25, 0.3) is 5.91 Å². The number of hydrogen-bond donors (Lipinski definition) is 1. The van der Waals surface area contributed by atoms with Crippen molar-refractivity contribution in [2.24, 2.45) is 5.92 Å². The van der Waals surface area contributed by atoms with Crippen molar-refractivity contribution >= 4 is 17.5 Å². The molecular formula is C18H22F2N2O3. The highest BCUT2D eigenvalue weighted by atomic mass is 19.1. The number of benzene rings is 1. The highest BCUT2D eigenvalue weighted by Crippen LogP contribution is 2.29. The molecule has 0 aromatic heterocycles. The summed E-state index contributed by atoms with van der Waals surface area (Å²) in [6.07, 6.45) is 0. The molecule has 5 nitrogen and oxygen atoms in total. The van der Waals surface area contributed by atoms with Crippen molar-refractivity contribution in [2.45, 2.75) is 40.2 Å². The second-order valence-corrected chi connectivity index (χ2v) is 6.80. The van der Waals surface area contributed by atoms with Gasteiger partial charge in [-0.1, -0.05) is 13.8 Å². The quantitative estimate of drug-likeness (QED) is 0.903. The molecule has 0 saturated heterocycles. The molecule has 0 saturated carbocycles. The highest BCUT2D eigenvalue weighted by molar-refractivity contribution is 6.03. The zero-order chi connectivity index (χ0) is 18.9. The molecule has 0 atom stereocenters. The van der Waals surface area contributed by atoms with E-state index in [1.54, 1.807) is 20.8 Å². The minimum Gasteiger partial charge on any atom is -0.477 e. The minimum atomic E-state index is -1.28. The molecule has 1 N–H and O–H groups in total. The lowest BCUT2D eigenvalue weighted by molar-refractivity contribution is -0.150. The van der Waals surface area contributed by atoms with Gasteiger partial charge in [0.1, 0.15) is 22.9 Å². The van der Waals surface area contributed by atoms with E-state index in [1.807, 2.05) is 13.8 Å². The standard InChI is InChI=1S/C18H22F2N2O3/c1-10(2)15-11(3)25-9-22(16(15)23)18(4,5)17(24)21-14-7-12(19)6-13(20)8-14/h6-8,10H,9H2,1-5H3,(H,21,24). The van der Waals surface area contributed by atoms with Crippen LogP contribution in [0.25, 0.3) is 0 Å². The molecule has 0 unspecified atom stereocenters. The van der Waals surface area contributed by atoms with Gasteiger partial charge in [-0.25, -0.2) is 8.78 Å². The van der Waals surface area contributed by atoms with Crippen molar-refractivity contribution in [3.05, 3.63) is 41.2 Å². The third-order valence-corrected chi connectivity index (χ3v) is 4.19. The Morgan fingerprint density at radius 2 is 1.80 bits per heavy atom. The number of nitrogens with one attached hydrogen (secondary N) is 1. The first-order valence-electron chi connectivity index (χ1n) is 7.97. The van der Waals surface area contributed by atoms with E-state index in [-0.39, 0.29) is 24.2 Å². The van der Waals surface area contributed by atoms with Gasteiger partial charge >= 0.3 is 0 Å². The van der Waals surface area contributed by atoms with E-state index in [2.05, 4.69) is 5.32 Å². The summed E-state index contributed by atoms with van der Waals surface area (Å²) in [7, 11) is 0. The molecule has 0 radical (unpaired) electrons. The third kappa shape index (κ3) is 3.81. The largest absolute Gasteiger partial charge is 0.477 e. The van der Waals surface area contributed by atoms with Gasteiger partial charge in [-0.2, -0.15) is 0 Å². The number of ether oxygens (including phenoxy) is 1. The monoisotopic (exact) mass is 352 g/mol. The molecule has 1 aliphatic rings. The average molecular weight is 352 g/mol. The Labute approximate surface area is 145 Å². The predicted molar refractivity (Wildman–Crippen MR) is 89.4 cm³/mol. The lowest BCUT2D eigenvalue weighted by Crippen LogP contribution is -2.57. The fraction of sp³-hybridized carbons (Fsp3) is 0.444. The number of amides is 2. The van der Waals surface area contributed by atoms with E-state index >= 15 is 0 Å². The van der Waals surface area contributed by atoms with Crippen LogP contribution in [0.4, 0.5) is 14.5 Å². The highest BCUT2D eigenvalue weighted by Gasteiger charge is 2.42. The number of halogens is 2. The van der Waals surface area contributed by atoms with Gasteiger partial charge in [-0.3, -0.25) is 14.5 Å². The Morgan fingerprint density at radius 1 is 1.24 bits per heavy atom. The summed E-state index contributed by atoms with van der Waals surface area (Å²) < 4.78 is 32.1. The van der Waals surface area contributed by atoms with Gasteiger partial charge < -0.3 is 10.1 Å². The first kappa shape index (κ1) is 18.9. The normalized spacial score (nSPS) is 15.5. The van der Waals surface area contributed by atoms with Crippen LogP contribution < -0.4 is 5.32 Å². The predicted octanol–water partition coefficient (Wildman–Crippen LogP) is 3.43. The minimum absolute atomic E-state index is 0.0169. The summed E-state index contributed by atoms with van der Waals surface area (Å²) in [6, 6.07) is 2.73. The van der Waals surface area contributed by atoms with Gasteiger partial charge in [-0.05, 0) is 38.8 Å². The van der Waals surface area contributed by atoms with E-state index in [1.165, 1.54) is 4.90 Å². The molecule has 0 spiro atoms. The number of anilines is 1. The third-order valence-electron chi connectivity index (χ3n) is 4.19. The Morgan fingerprint density at radius 3 is 2.32 bits per heavy atom. The zero-order valence-electron chi connectivity index (χ0n) is 14.9. The summed E-state index contributed by atoms with van der Waals surface area (Å²) in [5.74, 6) is -1.98. The molecule has 1 aliphatic heterocycles. The van der Waals surface area contributed by atoms with Gasteiger partial charge in [-0.15, -0.1) is 0 Å². The van der Waals surface area contributed by atoms with E-state index in [0.717, 1.165) is 12.1 Å². The van der Waals surface area contributed by atoms with Gasteiger partial charge in [0, 0.05) is 11.8 Å². The smallest absolute Gasteiger partial charge is 0.256 e. The molecule has 0 fully saturated rings. The molecule has 1 aromatic carbocycles. The van der Waals surface area contributed by atoms with Crippen LogP contribution in [0.15, 0.2) is 29.5 Å². The van der Waals surface area contributed by atoms with E-state index in [0.29, 0.717) is 17.4 Å². The molecular weight excluding hydrogens is 330 g/mol. The Balaban J connectivity index is 2.25. The number of carbonyl (C=O) groups excluding carboxylic acids is 2. The molecule has 136 valence electrons. The van der Waals surface area contributed by atoms with Crippen molar-refractivity contribution in [3.8, 4) is 0 Å². The Hall–Kier alpha value is -2.44. The molecule has 1 heterocycles. The van der Waals surface area contributed by atoms with Crippen molar-refractivity contribution in [2.75, 3.05) is 12.0 Å². The fourth-order valence-corrected chi connectivity index (χ4v) is 2.70. The van der Waals surface area contributed by atoms with Gasteiger partial charge in [0.2, 0.25) is 5.91 Å². The summed E-state index contributed by atoms with van der Waals surface area (Å²) >= 11 is 0. The summed E-state index contributed by atoms with van der Waals surface area (Å²) in [5.41, 5.74) is -0.790. The van der Waals surface area contributed by atoms with Crippen molar-refractivity contribution in [3.63, 3.8) is 0 Å². The van der Waals surface area contributed by atoms with Crippen molar-refractivity contribution in [1.82, 2.24) is 4.90 Å². The van der Waals surface area contributed by atoms with E-state index in [4.69, 9.17) is 4.74 Å². The molecule has 2 amide bonds. The van der Waals surface area contributed by atoms with Gasteiger partial charge in [0.15, 0.2) is 6.73 Å². The maximum Gasteiger partial charge on any atom is 0.256 e. The van der Waals surface area contributed by atoms with Crippen LogP contribution in [-0.2, 0) is 14.3 Å². The summed E-state index contributed by atoms with van der Waals surface area (Å²) in [6.45, 7) is 8.49. The van der Waals surface area contributed by atoms with Gasteiger partial charge in [0.05, 0.1) is 5.57 Å². The topological polar surface area (TPSA) is 58.6 Å². The molecule has 0 bridgehead atoms. The van der Waals surface area contributed by atoms with Crippen LogP contribution in [0, 0.1) is 17.6 Å². The lowest BCUT2D eigenvalue weighted by Gasteiger charge is -2.40. The molecule has 2 rings (SSSR count). The second-order valence-electron chi connectivity index (χ2n) is 6.80. The fourth-order valence-electron chi connectivity index (χ4n) is 2.70. The molecule has 1 aromatic rings. The lowest BCUT2D eigenvalue weighted by atomic mass is 9.95. The first-order valence-corrected chi connectivity index (χ1v) is 7.97. The van der Waals surface area contributed by atoms with Crippen LogP contribution in [0.3, 0.4) is 0 Å². The zero-order valence-corrected chi connectivity index (χ0v) is 14.9. The SMILES string of the molecule is CC1=C(C(C)C)C(=O)N(C(C)(C)C(=O)Nc2cc(F)cc(F)c2)CO1. The summed E-state index contributed by atoms with van der Waals surface area (Å²) in [4.78, 5) is 26.7. The Kier molecular flexibility index (Phi) is 5.15. The second kappa shape index (κ2) is 6.82. The van der Waals surface area contributed by atoms with Crippen LogP contribution in [0.2, 0.25) is 0 Å². The molecule has 25 heavy (non-hydrogen) atoms. The molecule has 0 aliphatic carbocycles. The number of nitrogens with zero attached hydrogens (tertiary/aromatic N) is 1. The number of rotatable bonds is 4. The number of carbonyl (C=O) groups is 2. The number of allylic oxidation sites excluding steroid dienone is 1. The van der Waals surface area contributed by atoms with Crippen LogP contribution in [0.5, 0.6) is 0 Å². The average Bonchev–Trinajstić information content (AvgIpc) is 2.45. The van der Waals surface area contributed by atoms with E-state index < -0.39 is 23.1 Å².